The highest BCUT2D eigenvalue weighted by Gasteiger charge is 2.08. The zero-order valence-electron chi connectivity index (χ0n) is 7.80. The van der Waals surface area contributed by atoms with Gasteiger partial charge in [-0.3, -0.25) is 5.41 Å². The third-order valence-corrected chi connectivity index (χ3v) is 1.72. The van der Waals surface area contributed by atoms with Crippen LogP contribution in [0.15, 0.2) is 0 Å². The van der Waals surface area contributed by atoms with Crippen LogP contribution in [0.25, 0.3) is 0 Å². The van der Waals surface area contributed by atoms with Crippen LogP contribution in [-0.2, 0) is 0 Å². The molecule has 1 aliphatic heterocycles. The molecule has 0 radical (unpaired) electrons. The van der Waals surface area contributed by atoms with E-state index in [0.29, 0.717) is 0 Å². The first kappa shape index (κ1) is 10.4. The van der Waals surface area contributed by atoms with Crippen molar-refractivity contribution in [2.45, 2.75) is 13.8 Å². The van der Waals surface area contributed by atoms with Gasteiger partial charge in [-0.1, -0.05) is 13.8 Å². The lowest BCUT2D eigenvalue weighted by molar-refractivity contribution is 0.219. The van der Waals surface area contributed by atoms with Crippen molar-refractivity contribution in [3.63, 3.8) is 0 Å². The first-order valence-electron chi connectivity index (χ1n) is 4.26. The van der Waals surface area contributed by atoms with Gasteiger partial charge in [-0.2, -0.15) is 0 Å². The minimum absolute atomic E-state index is 1.01. The average Bonchev–Trinajstić information content (AvgIpc) is 2.10. The summed E-state index contributed by atoms with van der Waals surface area (Å²) < 4.78 is 0. The molecular weight excluding hydrogens is 138 g/mol. The van der Waals surface area contributed by atoms with Crippen LogP contribution >= 0.6 is 0 Å². The van der Waals surface area contributed by atoms with Crippen molar-refractivity contribution in [3.05, 3.63) is 0 Å². The first-order chi connectivity index (χ1) is 5.33. The molecule has 66 valence electrons. The number of piperazine rings is 1. The van der Waals surface area contributed by atoms with Crippen LogP contribution in [0.1, 0.15) is 13.8 Å². The maximum atomic E-state index is 6.95. The lowest BCUT2D eigenvalue weighted by atomic mass is 10.4. The third kappa shape index (κ3) is 3.98. The number of nitrogens with one attached hydrogen (secondary N) is 1. The van der Waals surface area contributed by atoms with E-state index < -0.39 is 0 Å². The molecule has 0 aromatic heterocycles. The Morgan fingerprint density at radius 2 is 1.55 bits per heavy atom. The molecule has 1 rings (SSSR count). The lowest BCUT2D eigenvalue weighted by Crippen LogP contribution is -2.43. The maximum Gasteiger partial charge on any atom is 0.0818 e. The minimum atomic E-state index is 1.01. The summed E-state index contributed by atoms with van der Waals surface area (Å²) in [4.78, 5) is 4.31. The fourth-order valence-electron chi connectivity index (χ4n) is 0.951. The fourth-order valence-corrected chi connectivity index (χ4v) is 0.951. The Morgan fingerprint density at radius 3 is 1.91 bits per heavy atom. The molecule has 3 heteroatoms. The second kappa shape index (κ2) is 6.16. The lowest BCUT2D eigenvalue weighted by Gasteiger charge is -2.30. The van der Waals surface area contributed by atoms with E-state index in [4.69, 9.17) is 5.41 Å². The highest BCUT2D eigenvalue weighted by atomic mass is 15.2. The summed E-state index contributed by atoms with van der Waals surface area (Å²) in [5, 5.41) is 6.95. The molecule has 1 N–H and O–H groups in total. The molecule has 0 aliphatic carbocycles. The van der Waals surface area contributed by atoms with Gasteiger partial charge in [0.2, 0.25) is 0 Å². The Kier molecular flexibility index (Phi) is 5.84. The van der Waals surface area contributed by atoms with Gasteiger partial charge in [0.05, 0.1) is 6.34 Å². The Hall–Kier alpha value is -0.570. The Balaban J connectivity index is 0.000000461. The Morgan fingerprint density at radius 1 is 1.09 bits per heavy atom. The summed E-state index contributed by atoms with van der Waals surface area (Å²) in [5.41, 5.74) is 0. The molecule has 3 nitrogen and oxygen atoms in total. The van der Waals surface area contributed by atoms with E-state index in [9.17, 15) is 0 Å². The molecule has 1 aliphatic rings. The summed E-state index contributed by atoms with van der Waals surface area (Å²) in [6.07, 6.45) is 1.42. The van der Waals surface area contributed by atoms with E-state index in [1.807, 2.05) is 18.7 Å². The zero-order chi connectivity index (χ0) is 8.69. The topological polar surface area (TPSA) is 30.3 Å². The quantitative estimate of drug-likeness (QED) is 0.452. The van der Waals surface area contributed by atoms with E-state index in [1.165, 1.54) is 6.34 Å². The highest BCUT2D eigenvalue weighted by Crippen LogP contribution is 1.94. The average molecular weight is 157 g/mol. The summed E-state index contributed by atoms with van der Waals surface area (Å²) in [6.45, 7) is 8.21. The molecule has 11 heavy (non-hydrogen) atoms. The van der Waals surface area contributed by atoms with E-state index in [-0.39, 0.29) is 0 Å². The second-order valence-corrected chi connectivity index (χ2v) is 2.47. The number of rotatable bonds is 1. The second-order valence-electron chi connectivity index (χ2n) is 2.47. The molecule has 0 aromatic rings. The Labute approximate surface area is 69.5 Å². The Bertz CT molecular complexity index is 95.5. The summed E-state index contributed by atoms with van der Waals surface area (Å²) >= 11 is 0. The third-order valence-electron chi connectivity index (χ3n) is 1.72. The summed E-state index contributed by atoms with van der Waals surface area (Å²) in [5.74, 6) is 0. The minimum Gasteiger partial charge on any atom is -0.361 e. The molecule has 0 spiro atoms. The van der Waals surface area contributed by atoms with Gasteiger partial charge in [0.15, 0.2) is 0 Å². The highest BCUT2D eigenvalue weighted by molar-refractivity contribution is 5.50. The van der Waals surface area contributed by atoms with E-state index >= 15 is 0 Å². The van der Waals surface area contributed by atoms with Crippen LogP contribution in [0.4, 0.5) is 0 Å². The fraction of sp³-hybridized carbons (Fsp3) is 0.875. The van der Waals surface area contributed by atoms with Crippen molar-refractivity contribution in [2.24, 2.45) is 0 Å². The van der Waals surface area contributed by atoms with Gasteiger partial charge in [0, 0.05) is 26.2 Å². The standard InChI is InChI=1S/C6H13N3.C2H6/c1-8-2-4-9(6-7)5-3-8;1-2/h6-7H,2-5H2,1H3;1-2H3. The van der Waals surface area contributed by atoms with Crippen LogP contribution in [0.3, 0.4) is 0 Å². The smallest absolute Gasteiger partial charge is 0.0818 e. The van der Waals surface area contributed by atoms with Crippen molar-refractivity contribution >= 4 is 6.34 Å². The van der Waals surface area contributed by atoms with Crippen LogP contribution < -0.4 is 0 Å². The van der Waals surface area contributed by atoms with E-state index in [0.717, 1.165) is 26.2 Å². The van der Waals surface area contributed by atoms with Gasteiger partial charge in [-0.15, -0.1) is 0 Å². The van der Waals surface area contributed by atoms with Gasteiger partial charge in [0.25, 0.3) is 0 Å². The summed E-state index contributed by atoms with van der Waals surface area (Å²) in [6, 6.07) is 0. The van der Waals surface area contributed by atoms with Gasteiger partial charge in [0.1, 0.15) is 0 Å². The van der Waals surface area contributed by atoms with Crippen LogP contribution in [0.5, 0.6) is 0 Å². The molecule has 0 unspecified atom stereocenters. The van der Waals surface area contributed by atoms with Gasteiger partial charge < -0.3 is 9.80 Å². The van der Waals surface area contributed by atoms with Crippen molar-refractivity contribution in [1.82, 2.24) is 9.80 Å². The molecule has 0 bridgehead atoms. The monoisotopic (exact) mass is 157 g/mol. The van der Waals surface area contributed by atoms with Crippen LogP contribution in [0.2, 0.25) is 0 Å². The number of hydrogen-bond acceptors (Lipinski definition) is 2. The molecule has 0 aromatic carbocycles. The molecule has 0 saturated carbocycles. The normalized spacial score (nSPS) is 18.6. The number of hydrogen-bond donors (Lipinski definition) is 1. The first-order valence-corrected chi connectivity index (χ1v) is 4.26. The predicted octanol–water partition coefficient (Wildman–Crippen LogP) is 0.867. The van der Waals surface area contributed by atoms with Gasteiger partial charge >= 0.3 is 0 Å². The van der Waals surface area contributed by atoms with Gasteiger partial charge in [-0.25, -0.2) is 0 Å². The van der Waals surface area contributed by atoms with Crippen molar-refractivity contribution < 1.29 is 0 Å². The van der Waals surface area contributed by atoms with Crippen molar-refractivity contribution in [1.29, 1.82) is 5.41 Å². The number of likely N-dealkylation sites (N-methyl/N-ethyl adjacent to an activating group) is 1. The van der Waals surface area contributed by atoms with Crippen LogP contribution in [0, 0.1) is 5.41 Å². The summed E-state index contributed by atoms with van der Waals surface area (Å²) in [7, 11) is 2.11. The van der Waals surface area contributed by atoms with Crippen molar-refractivity contribution in [2.75, 3.05) is 33.2 Å². The van der Waals surface area contributed by atoms with Crippen molar-refractivity contribution in [3.8, 4) is 0 Å². The largest absolute Gasteiger partial charge is 0.361 e. The molecule has 1 heterocycles. The maximum absolute atomic E-state index is 6.95. The molecule has 0 atom stereocenters. The SMILES string of the molecule is CC.CN1CCN(C=N)CC1. The molecule has 0 amide bonds. The zero-order valence-corrected chi connectivity index (χ0v) is 7.80. The molecule has 1 saturated heterocycles. The predicted molar refractivity (Wildman–Crippen MR) is 49.2 cm³/mol. The van der Waals surface area contributed by atoms with E-state index in [2.05, 4.69) is 11.9 Å². The molecular formula is C8H19N3. The number of nitrogens with zero attached hydrogens (tertiary/aromatic N) is 2. The molecule has 1 fully saturated rings. The van der Waals surface area contributed by atoms with Crippen LogP contribution in [-0.4, -0.2) is 49.4 Å². The van der Waals surface area contributed by atoms with E-state index in [1.54, 1.807) is 0 Å². The van der Waals surface area contributed by atoms with Gasteiger partial charge in [-0.05, 0) is 7.05 Å².